The minimum Gasteiger partial charge on any atom is -0.465 e. The summed E-state index contributed by atoms with van der Waals surface area (Å²) in [4.78, 5) is 11.6. The van der Waals surface area contributed by atoms with Crippen molar-refractivity contribution < 1.29 is 18.3 Å². The monoisotopic (exact) mass is 311 g/mol. The van der Waals surface area contributed by atoms with Crippen LogP contribution in [-0.2, 0) is 11.3 Å². The van der Waals surface area contributed by atoms with Crippen molar-refractivity contribution in [2.24, 2.45) is 0 Å². The SMILES string of the molecule is COC(=O)c1cc(F)ccc1NCc1cc(Cl)ccc1F. The first-order valence-electron chi connectivity index (χ1n) is 6.07. The maximum absolute atomic E-state index is 13.6. The molecule has 2 rings (SSSR count). The average Bonchev–Trinajstić information content (AvgIpc) is 2.48. The van der Waals surface area contributed by atoms with Gasteiger partial charge < -0.3 is 10.1 Å². The van der Waals surface area contributed by atoms with Gasteiger partial charge in [-0.3, -0.25) is 0 Å². The molecule has 0 spiro atoms. The number of carbonyl (C=O) groups excluding carboxylic acids is 1. The van der Waals surface area contributed by atoms with Gasteiger partial charge in [0.25, 0.3) is 0 Å². The molecule has 0 aromatic heterocycles. The Morgan fingerprint density at radius 2 is 2.00 bits per heavy atom. The van der Waals surface area contributed by atoms with Gasteiger partial charge in [-0.05, 0) is 36.4 Å². The fraction of sp³-hybridized carbons (Fsp3) is 0.133. The molecule has 0 aliphatic heterocycles. The molecule has 0 heterocycles. The predicted octanol–water partition coefficient (Wildman–Crippen LogP) is 4.02. The second-order valence-corrected chi connectivity index (χ2v) is 4.71. The van der Waals surface area contributed by atoms with Gasteiger partial charge >= 0.3 is 5.97 Å². The number of benzene rings is 2. The average molecular weight is 312 g/mol. The van der Waals surface area contributed by atoms with Crippen LogP contribution in [0.4, 0.5) is 14.5 Å². The zero-order chi connectivity index (χ0) is 15.4. The molecule has 0 radical (unpaired) electrons. The van der Waals surface area contributed by atoms with E-state index < -0.39 is 17.6 Å². The molecule has 2 aromatic carbocycles. The molecule has 0 fully saturated rings. The zero-order valence-corrected chi connectivity index (χ0v) is 11.9. The Hall–Kier alpha value is -2.14. The lowest BCUT2D eigenvalue weighted by molar-refractivity contribution is 0.0601. The number of hydrogen-bond acceptors (Lipinski definition) is 3. The summed E-state index contributed by atoms with van der Waals surface area (Å²) in [6.45, 7) is 0.0992. The molecule has 0 saturated heterocycles. The number of halogens is 3. The third-order valence-electron chi connectivity index (χ3n) is 2.86. The van der Waals surface area contributed by atoms with E-state index in [1.165, 1.54) is 37.4 Å². The van der Waals surface area contributed by atoms with Crippen LogP contribution >= 0.6 is 11.6 Å². The Labute approximate surface area is 125 Å². The molecule has 110 valence electrons. The van der Waals surface area contributed by atoms with Gasteiger partial charge in [0.15, 0.2) is 0 Å². The fourth-order valence-electron chi connectivity index (χ4n) is 1.82. The van der Waals surface area contributed by atoms with Crippen molar-refractivity contribution in [3.05, 3.63) is 64.2 Å². The lowest BCUT2D eigenvalue weighted by atomic mass is 10.1. The summed E-state index contributed by atoms with van der Waals surface area (Å²) in [5.74, 6) is -1.66. The highest BCUT2D eigenvalue weighted by Gasteiger charge is 2.13. The van der Waals surface area contributed by atoms with E-state index in [9.17, 15) is 13.6 Å². The van der Waals surface area contributed by atoms with Gasteiger partial charge in [0.05, 0.1) is 12.7 Å². The molecule has 0 bridgehead atoms. The van der Waals surface area contributed by atoms with Gasteiger partial charge in [-0.1, -0.05) is 11.6 Å². The van der Waals surface area contributed by atoms with E-state index in [4.69, 9.17) is 11.6 Å². The summed E-state index contributed by atoms with van der Waals surface area (Å²) in [5, 5.41) is 3.28. The molecule has 1 N–H and O–H groups in total. The molecule has 0 unspecified atom stereocenters. The van der Waals surface area contributed by atoms with Crippen molar-refractivity contribution in [2.45, 2.75) is 6.54 Å². The van der Waals surface area contributed by atoms with Crippen molar-refractivity contribution in [1.29, 1.82) is 0 Å². The number of methoxy groups -OCH3 is 1. The molecule has 0 aliphatic carbocycles. The molecule has 0 aliphatic rings. The highest BCUT2D eigenvalue weighted by atomic mass is 35.5. The van der Waals surface area contributed by atoms with Gasteiger partial charge in [-0.2, -0.15) is 0 Å². The Morgan fingerprint density at radius 3 is 2.71 bits per heavy atom. The fourth-order valence-corrected chi connectivity index (χ4v) is 2.01. The van der Waals surface area contributed by atoms with Gasteiger partial charge in [0.2, 0.25) is 0 Å². The van der Waals surface area contributed by atoms with E-state index in [0.29, 0.717) is 16.3 Å². The summed E-state index contributed by atoms with van der Waals surface area (Å²) < 4.78 is 31.4. The van der Waals surface area contributed by atoms with Crippen LogP contribution in [0.3, 0.4) is 0 Å². The minimum absolute atomic E-state index is 0.0416. The van der Waals surface area contributed by atoms with Crippen LogP contribution in [0.25, 0.3) is 0 Å². The standard InChI is InChI=1S/C15H12ClF2NO2/c1-21-15(20)12-7-11(17)3-5-14(12)19-8-9-6-10(16)2-4-13(9)18/h2-7,19H,8H2,1H3. The molecule has 0 atom stereocenters. The Kier molecular flexibility index (Phi) is 4.75. The number of rotatable bonds is 4. The lowest BCUT2D eigenvalue weighted by Crippen LogP contribution is -2.09. The summed E-state index contributed by atoms with van der Waals surface area (Å²) in [5.41, 5.74) is 0.727. The summed E-state index contributed by atoms with van der Waals surface area (Å²) in [6.07, 6.45) is 0. The molecule has 3 nitrogen and oxygen atoms in total. The van der Waals surface area contributed by atoms with Crippen LogP contribution < -0.4 is 5.32 Å². The number of carbonyl (C=O) groups is 1. The van der Waals surface area contributed by atoms with Gasteiger partial charge in [0.1, 0.15) is 11.6 Å². The Morgan fingerprint density at radius 1 is 1.24 bits per heavy atom. The van der Waals surface area contributed by atoms with E-state index in [1.54, 1.807) is 0 Å². The van der Waals surface area contributed by atoms with E-state index in [1.807, 2.05) is 0 Å². The van der Waals surface area contributed by atoms with E-state index in [-0.39, 0.29) is 12.1 Å². The highest BCUT2D eigenvalue weighted by Crippen LogP contribution is 2.21. The van der Waals surface area contributed by atoms with Gasteiger partial charge in [-0.25, -0.2) is 13.6 Å². The quantitative estimate of drug-likeness (QED) is 0.867. The normalized spacial score (nSPS) is 10.3. The molecular formula is C15H12ClF2NO2. The van der Waals surface area contributed by atoms with E-state index >= 15 is 0 Å². The topological polar surface area (TPSA) is 38.3 Å². The third kappa shape index (κ3) is 3.70. The minimum atomic E-state index is -0.677. The first kappa shape index (κ1) is 15.3. The maximum atomic E-state index is 13.6. The summed E-state index contributed by atoms with van der Waals surface area (Å²) >= 11 is 5.81. The Bertz CT molecular complexity index is 677. The number of nitrogens with one attached hydrogen (secondary N) is 1. The van der Waals surface area contributed by atoms with Gasteiger partial charge in [-0.15, -0.1) is 0 Å². The predicted molar refractivity (Wildman–Crippen MR) is 76.5 cm³/mol. The smallest absolute Gasteiger partial charge is 0.340 e. The van der Waals surface area contributed by atoms with Crippen molar-refractivity contribution in [3.8, 4) is 0 Å². The second kappa shape index (κ2) is 6.54. The largest absolute Gasteiger partial charge is 0.465 e. The first-order chi connectivity index (χ1) is 10.0. The zero-order valence-electron chi connectivity index (χ0n) is 11.1. The van der Waals surface area contributed by atoms with Crippen LogP contribution in [0.15, 0.2) is 36.4 Å². The molecule has 21 heavy (non-hydrogen) atoms. The third-order valence-corrected chi connectivity index (χ3v) is 3.10. The van der Waals surface area contributed by atoms with Crippen molar-refractivity contribution >= 4 is 23.3 Å². The van der Waals surface area contributed by atoms with Crippen LogP contribution in [0.1, 0.15) is 15.9 Å². The van der Waals surface area contributed by atoms with Crippen LogP contribution in [0.2, 0.25) is 5.02 Å². The number of esters is 1. The Balaban J connectivity index is 2.24. The van der Waals surface area contributed by atoms with Crippen molar-refractivity contribution in [3.63, 3.8) is 0 Å². The first-order valence-corrected chi connectivity index (χ1v) is 6.44. The van der Waals surface area contributed by atoms with Crippen LogP contribution in [0, 0.1) is 11.6 Å². The van der Waals surface area contributed by atoms with Crippen LogP contribution in [-0.4, -0.2) is 13.1 Å². The van der Waals surface area contributed by atoms with Crippen molar-refractivity contribution in [2.75, 3.05) is 12.4 Å². The molecular weight excluding hydrogens is 300 g/mol. The molecule has 0 amide bonds. The number of ether oxygens (including phenoxy) is 1. The number of anilines is 1. The summed E-state index contributed by atoms with van der Waals surface area (Å²) in [6, 6.07) is 7.82. The molecule has 6 heteroatoms. The maximum Gasteiger partial charge on any atom is 0.340 e. The highest BCUT2D eigenvalue weighted by molar-refractivity contribution is 6.30. The van der Waals surface area contributed by atoms with Crippen molar-refractivity contribution in [1.82, 2.24) is 0 Å². The lowest BCUT2D eigenvalue weighted by Gasteiger charge is -2.11. The van der Waals surface area contributed by atoms with Crippen LogP contribution in [0.5, 0.6) is 0 Å². The summed E-state index contributed by atoms with van der Waals surface area (Å²) in [7, 11) is 1.20. The van der Waals surface area contributed by atoms with E-state index in [0.717, 1.165) is 6.07 Å². The van der Waals surface area contributed by atoms with E-state index in [2.05, 4.69) is 10.1 Å². The second-order valence-electron chi connectivity index (χ2n) is 4.27. The number of hydrogen-bond donors (Lipinski definition) is 1. The molecule has 0 saturated carbocycles. The van der Waals surface area contributed by atoms with Gasteiger partial charge in [0, 0.05) is 22.8 Å². The molecule has 2 aromatic rings.